The van der Waals surface area contributed by atoms with Crippen molar-refractivity contribution in [1.29, 1.82) is 0 Å². The Labute approximate surface area is 176 Å². The third-order valence-corrected chi connectivity index (χ3v) is 5.06. The van der Waals surface area contributed by atoms with Crippen LogP contribution in [0.2, 0.25) is 0 Å². The molecule has 0 spiro atoms. The van der Waals surface area contributed by atoms with Crippen LogP contribution < -0.4 is 15.5 Å². The third-order valence-electron chi connectivity index (χ3n) is 5.06. The summed E-state index contributed by atoms with van der Waals surface area (Å²) >= 11 is 0. The maximum Gasteiger partial charge on any atom is 0.257 e. The lowest BCUT2D eigenvalue weighted by molar-refractivity contribution is -0.114. The number of hydrogen-bond donors (Lipinski definition) is 2. The van der Waals surface area contributed by atoms with Crippen molar-refractivity contribution in [1.82, 2.24) is 14.9 Å². The fourth-order valence-electron chi connectivity index (χ4n) is 3.32. The molecule has 1 aromatic heterocycles. The lowest BCUT2D eigenvalue weighted by Crippen LogP contribution is -2.15. The van der Waals surface area contributed by atoms with Crippen LogP contribution in [0.3, 0.4) is 0 Å². The zero-order chi connectivity index (χ0) is 21.3. The van der Waals surface area contributed by atoms with Gasteiger partial charge in [0.05, 0.1) is 17.4 Å². The van der Waals surface area contributed by atoms with E-state index < -0.39 is 0 Å². The van der Waals surface area contributed by atoms with Crippen molar-refractivity contribution in [2.75, 3.05) is 43.2 Å². The van der Waals surface area contributed by atoms with Crippen LogP contribution in [0, 0.1) is 0 Å². The Morgan fingerprint density at radius 2 is 2.17 bits per heavy atom. The smallest absolute Gasteiger partial charge is 0.257 e. The predicted molar refractivity (Wildman–Crippen MR) is 118 cm³/mol. The van der Waals surface area contributed by atoms with Crippen molar-refractivity contribution < 1.29 is 9.59 Å². The number of carbonyl (C=O) groups is 2. The van der Waals surface area contributed by atoms with Crippen LogP contribution in [0.25, 0.3) is 0 Å². The highest BCUT2D eigenvalue weighted by Crippen LogP contribution is 2.36. The van der Waals surface area contributed by atoms with E-state index in [0.717, 1.165) is 24.1 Å². The Bertz CT molecular complexity index is 1010. The second kappa shape index (κ2) is 8.23. The van der Waals surface area contributed by atoms with Crippen LogP contribution in [0.5, 0.6) is 0 Å². The molecule has 0 radical (unpaired) electrons. The Morgan fingerprint density at radius 1 is 1.37 bits per heavy atom. The van der Waals surface area contributed by atoms with Gasteiger partial charge >= 0.3 is 0 Å². The summed E-state index contributed by atoms with van der Waals surface area (Å²) in [5.41, 5.74) is 2.60. The first-order valence-electron chi connectivity index (χ1n) is 10.1. The molecule has 1 saturated carbocycles. The first-order valence-corrected chi connectivity index (χ1v) is 10.1. The summed E-state index contributed by atoms with van der Waals surface area (Å²) in [5, 5.41) is 6.18. The number of benzene rings is 1. The van der Waals surface area contributed by atoms with Crippen LogP contribution in [0.4, 0.5) is 23.1 Å². The first kappa shape index (κ1) is 20.0. The molecule has 1 aromatic carbocycles. The monoisotopic (exact) mass is 406 g/mol. The molecule has 0 atom stereocenters. The molecule has 1 amide bonds. The SMILES string of the molecule is CN(C)C/C=C/C(=O)Cc1ccc2c(c1)C(=O)Nc1cnc(NC3CC3)nc1N2C. The minimum atomic E-state index is -0.237. The van der Waals surface area contributed by atoms with Crippen LogP contribution in [0.1, 0.15) is 28.8 Å². The molecule has 30 heavy (non-hydrogen) atoms. The number of nitrogens with zero attached hydrogens (tertiary/aromatic N) is 4. The second-order valence-corrected chi connectivity index (χ2v) is 8.02. The Hall–Kier alpha value is -3.26. The van der Waals surface area contributed by atoms with Crippen LogP contribution in [-0.4, -0.2) is 60.3 Å². The largest absolute Gasteiger partial charge is 0.351 e. The van der Waals surface area contributed by atoms with Gasteiger partial charge in [-0.1, -0.05) is 12.1 Å². The number of allylic oxidation sites excluding steroid dienone is 1. The number of anilines is 4. The number of amides is 1. The summed E-state index contributed by atoms with van der Waals surface area (Å²) in [6, 6.07) is 5.97. The molecule has 156 valence electrons. The summed E-state index contributed by atoms with van der Waals surface area (Å²) in [5.74, 6) is 0.965. The van der Waals surface area contributed by atoms with Crippen molar-refractivity contribution in [2.45, 2.75) is 25.3 Å². The fraction of sp³-hybridized carbons (Fsp3) is 0.364. The van der Waals surface area contributed by atoms with E-state index in [2.05, 4.69) is 20.6 Å². The molecule has 8 heteroatoms. The molecule has 2 aliphatic rings. The lowest BCUT2D eigenvalue weighted by Gasteiger charge is -2.20. The molecular weight excluding hydrogens is 380 g/mol. The van der Waals surface area contributed by atoms with Crippen molar-refractivity contribution in [3.8, 4) is 0 Å². The average molecular weight is 406 g/mol. The zero-order valence-corrected chi connectivity index (χ0v) is 17.5. The molecule has 2 N–H and O–H groups in total. The molecule has 1 fully saturated rings. The molecule has 1 aliphatic heterocycles. The van der Waals surface area contributed by atoms with Gasteiger partial charge in [-0.3, -0.25) is 9.59 Å². The highest BCUT2D eigenvalue weighted by Gasteiger charge is 2.27. The standard InChI is InChI=1S/C22H26N6O2/c1-27(2)10-4-5-16(29)11-14-6-9-19-17(12-14)21(30)25-18-13-23-22(24-15-7-8-15)26-20(18)28(19)3/h4-6,9,12-13,15H,7-8,10-11H2,1-3H3,(H,25,30)(H,23,24,26)/b5-4+. The van der Waals surface area contributed by atoms with E-state index in [0.29, 0.717) is 35.6 Å². The highest BCUT2D eigenvalue weighted by atomic mass is 16.1. The Kier molecular flexibility index (Phi) is 5.50. The molecule has 0 bridgehead atoms. The van der Waals surface area contributed by atoms with Crippen LogP contribution in [0.15, 0.2) is 36.5 Å². The van der Waals surface area contributed by atoms with E-state index in [9.17, 15) is 9.59 Å². The van der Waals surface area contributed by atoms with E-state index >= 15 is 0 Å². The van der Waals surface area contributed by atoms with E-state index in [-0.39, 0.29) is 18.1 Å². The molecule has 8 nitrogen and oxygen atoms in total. The number of hydrogen-bond acceptors (Lipinski definition) is 7. The normalized spacial score (nSPS) is 15.6. The van der Waals surface area contributed by atoms with E-state index in [4.69, 9.17) is 0 Å². The Balaban J connectivity index is 1.57. The first-order chi connectivity index (χ1) is 14.4. The average Bonchev–Trinajstić information content (AvgIpc) is 3.52. The number of aromatic nitrogens is 2. The molecular formula is C22H26N6O2. The Morgan fingerprint density at radius 3 is 2.90 bits per heavy atom. The number of nitrogens with one attached hydrogen (secondary N) is 2. The summed E-state index contributed by atoms with van der Waals surface area (Å²) in [7, 11) is 5.77. The zero-order valence-electron chi connectivity index (χ0n) is 17.5. The lowest BCUT2D eigenvalue weighted by atomic mass is 10.0. The maximum absolute atomic E-state index is 12.9. The van der Waals surface area contributed by atoms with Gasteiger partial charge in [-0.15, -0.1) is 0 Å². The van der Waals surface area contributed by atoms with Crippen molar-refractivity contribution >= 4 is 34.8 Å². The number of fused-ring (bicyclic) bond motifs is 2. The molecule has 1 aliphatic carbocycles. The van der Waals surface area contributed by atoms with Gasteiger partial charge in [0.25, 0.3) is 5.91 Å². The summed E-state index contributed by atoms with van der Waals surface area (Å²) in [6.45, 7) is 0.708. The summed E-state index contributed by atoms with van der Waals surface area (Å²) < 4.78 is 0. The topological polar surface area (TPSA) is 90.5 Å². The second-order valence-electron chi connectivity index (χ2n) is 8.02. The van der Waals surface area contributed by atoms with E-state index in [1.807, 2.05) is 49.2 Å². The van der Waals surface area contributed by atoms with Gasteiger partial charge in [-0.25, -0.2) is 4.98 Å². The predicted octanol–water partition coefficient (Wildman–Crippen LogP) is 2.61. The summed E-state index contributed by atoms with van der Waals surface area (Å²) in [4.78, 5) is 37.9. The number of ketones is 1. The van der Waals surface area contributed by atoms with E-state index in [1.165, 1.54) is 0 Å². The molecule has 2 aromatic rings. The maximum atomic E-state index is 12.9. The van der Waals surface area contributed by atoms with Crippen molar-refractivity contribution in [3.05, 3.63) is 47.7 Å². The van der Waals surface area contributed by atoms with Gasteiger partial charge in [0.1, 0.15) is 5.69 Å². The van der Waals surface area contributed by atoms with E-state index in [1.54, 1.807) is 18.3 Å². The van der Waals surface area contributed by atoms with Gasteiger partial charge < -0.3 is 20.4 Å². The molecule has 4 rings (SSSR count). The van der Waals surface area contributed by atoms with Crippen LogP contribution in [-0.2, 0) is 11.2 Å². The number of carbonyl (C=O) groups excluding carboxylic acids is 2. The van der Waals surface area contributed by atoms with Crippen LogP contribution >= 0.6 is 0 Å². The van der Waals surface area contributed by atoms with Crippen molar-refractivity contribution in [3.63, 3.8) is 0 Å². The van der Waals surface area contributed by atoms with Gasteiger partial charge in [0, 0.05) is 26.1 Å². The summed E-state index contributed by atoms with van der Waals surface area (Å²) in [6.07, 6.45) is 7.57. The molecule has 0 saturated heterocycles. The van der Waals surface area contributed by atoms with Gasteiger partial charge in [-0.2, -0.15) is 4.98 Å². The minimum absolute atomic E-state index is 0.00382. The third kappa shape index (κ3) is 4.49. The van der Waals surface area contributed by atoms with Gasteiger partial charge in [-0.05, 0) is 50.7 Å². The molecule has 0 unspecified atom stereocenters. The number of likely N-dealkylation sites (N-methyl/N-ethyl adjacent to an activating group) is 1. The molecule has 2 heterocycles. The van der Waals surface area contributed by atoms with Gasteiger partial charge in [0.15, 0.2) is 11.6 Å². The quantitative estimate of drug-likeness (QED) is 0.683. The highest BCUT2D eigenvalue weighted by molar-refractivity contribution is 6.12. The van der Waals surface area contributed by atoms with Gasteiger partial charge in [0.2, 0.25) is 5.95 Å². The minimum Gasteiger partial charge on any atom is -0.351 e. The number of rotatable bonds is 7. The fourth-order valence-corrected chi connectivity index (χ4v) is 3.32. The van der Waals surface area contributed by atoms with Crippen molar-refractivity contribution in [2.24, 2.45) is 0 Å².